The number of ether oxygens (including phenoxy) is 2. The SMILES string of the molecule is CN(C)CC(=O)OC(C(=O)Nc1nnc(CCCCc2ccc(CC(=O)Cc3cccc(OC(F)(F)F)c3)nn2)s1)c1cccc(Cl)c1. The molecule has 0 aliphatic heterocycles. The molecule has 0 bridgehead atoms. The molecule has 0 fully saturated rings. The number of anilines is 1. The molecule has 1 amide bonds. The van der Waals surface area contributed by atoms with Crippen molar-refractivity contribution in [2.24, 2.45) is 0 Å². The van der Waals surface area contributed by atoms with Gasteiger partial charge in [0.05, 0.1) is 24.4 Å². The van der Waals surface area contributed by atoms with Gasteiger partial charge in [-0.05, 0) is 75.3 Å². The Morgan fingerprint density at radius 2 is 1.65 bits per heavy atom. The van der Waals surface area contributed by atoms with Gasteiger partial charge in [-0.1, -0.05) is 47.2 Å². The number of amides is 1. The number of esters is 1. The summed E-state index contributed by atoms with van der Waals surface area (Å²) in [5.74, 6) is -1.76. The van der Waals surface area contributed by atoms with Crippen molar-refractivity contribution in [1.82, 2.24) is 25.3 Å². The minimum absolute atomic E-state index is 0.00603. The van der Waals surface area contributed by atoms with E-state index in [1.807, 2.05) is 0 Å². The molecule has 1 N–H and O–H groups in total. The van der Waals surface area contributed by atoms with Crippen LogP contribution in [0.2, 0.25) is 5.02 Å². The zero-order chi connectivity index (χ0) is 34.7. The molecular weight excluding hydrogens is 673 g/mol. The number of carbonyl (C=O) groups is 3. The molecular formula is C32H32ClF3N6O5S. The maximum Gasteiger partial charge on any atom is 0.573 e. The van der Waals surface area contributed by atoms with Crippen molar-refractivity contribution < 1.29 is 37.0 Å². The quantitative estimate of drug-likeness (QED) is 0.116. The van der Waals surface area contributed by atoms with Crippen LogP contribution in [0, 0.1) is 0 Å². The van der Waals surface area contributed by atoms with Gasteiger partial charge in [0.15, 0.2) is 0 Å². The molecule has 2 aromatic heterocycles. The van der Waals surface area contributed by atoms with Gasteiger partial charge < -0.3 is 9.47 Å². The fourth-order valence-electron chi connectivity index (χ4n) is 4.49. The number of Topliss-reactive ketones (excluding diaryl/α,β-unsaturated/α-hetero) is 1. The van der Waals surface area contributed by atoms with E-state index in [-0.39, 0.29) is 36.1 Å². The molecule has 48 heavy (non-hydrogen) atoms. The van der Waals surface area contributed by atoms with E-state index in [0.29, 0.717) is 39.7 Å². The third-order valence-corrected chi connectivity index (χ3v) is 7.67. The van der Waals surface area contributed by atoms with Gasteiger partial charge in [-0.3, -0.25) is 24.6 Å². The first-order chi connectivity index (χ1) is 22.8. The van der Waals surface area contributed by atoms with Crippen LogP contribution >= 0.6 is 22.9 Å². The van der Waals surface area contributed by atoms with Gasteiger partial charge in [-0.25, -0.2) is 0 Å². The summed E-state index contributed by atoms with van der Waals surface area (Å²) in [7, 11) is 3.42. The van der Waals surface area contributed by atoms with Gasteiger partial charge in [0, 0.05) is 23.4 Å². The molecule has 1 unspecified atom stereocenters. The Hall–Kier alpha value is -4.47. The lowest BCUT2D eigenvalue weighted by atomic mass is 10.1. The molecule has 16 heteroatoms. The second kappa shape index (κ2) is 17.1. The van der Waals surface area contributed by atoms with Crippen LogP contribution in [0.5, 0.6) is 5.75 Å². The summed E-state index contributed by atoms with van der Waals surface area (Å²) in [5.41, 5.74) is 2.02. The Kier molecular flexibility index (Phi) is 12.9. The number of hydrogen-bond acceptors (Lipinski definition) is 11. The average molecular weight is 705 g/mol. The number of ketones is 1. The minimum atomic E-state index is -4.81. The molecule has 2 heterocycles. The molecule has 0 aliphatic rings. The number of nitrogens with zero attached hydrogens (tertiary/aromatic N) is 5. The van der Waals surface area contributed by atoms with Crippen LogP contribution in [0.15, 0.2) is 60.7 Å². The van der Waals surface area contributed by atoms with Gasteiger partial charge >= 0.3 is 12.3 Å². The second-order valence-corrected chi connectivity index (χ2v) is 12.5. The lowest BCUT2D eigenvalue weighted by molar-refractivity contribution is -0.274. The predicted octanol–water partition coefficient (Wildman–Crippen LogP) is 5.58. The summed E-state index contributed by atoms with van der Waals surface area (Å²) in [5, 5.41) is 20.6. The Morgan fingerprint density at radius 1 is 0.917 bits per heavy atom. The van der Waals surface area contributed by atoms with E-state index in [1.165, 1.54) is 29.5 Å². The smallest absolute Gasteiger partial charge is 0.446 e. The molecule has 0 radical (unpaired) electrons. The van der Waals surface area contributed by atoms with Crippen LogP contribution in [0.25, 0.3) is 0 Å². The Bertz CT molecular complexity index is 1700. The summed E-state index contributed by atoms with van der Waals surface area (Å²) in [4.78, 5) is 39.6. The highest BCUT2D eigenvalue weighted by molar-refractivity contribution is 7.15. The van der Waals surface area contributed by atoms with Gasteiger partial charge in [0.1, 0.15) is 16.5 Å². The molecule has 1 atom stereocenters. The molecule has 0 saturated heterocycles. The number of halogens is 4. The van der Waals surface area contributed by atoms with Crippen LogP contribution < -0.4 is 10.1 Å². The Labute approximate surface area is 283 Å². The molecule has 254 valence electrons. The van der Waals surface area contributed by atoms with Crippen LogP contribution in [-0.2, 0) is 44.8 Å². The summed E-state index contributed by atoms with van der Waals surface area (Å²) < 4.78 is 46.8. The standard InChI is InChI=1S/C32H32ClF3N6O5S/c1-42(2)19-28(44)46-29(21-8-6-9-22(33)17-21)30(45)37-31-41-40-27(48-31)12-4-3-10-23-13-14-24(39-38-23)18-25(43)15-20-7-5-11-26(16-20)47-32(34,35)36/h5-9,11,13-14,16-17,29H,3-4,10,12,15,18-19H2,1-2H3,(H,37,41,45). The van der Waals surface area contributed by atoms with E-state index in [1.54, 1.807) is 61.5 Å². The van der Waals surface area contributed by atoms with Gasteiger partial charge in [0.2, 0.25) is 11.2 Å². The fraction of sp³-hybridized carbons (Fsp3) is 0.344. The van der Waals surface area contributed by atoms with Crippen molar-refractivity contribution in [2.75, 3.05) is 26.0 Å². The van der Waals surface area contributed by atoms with Crippen LogP contribution in [0.3, 0.4) is 0 Å². The van der Waals surface area contributed by atoms with Crippen LogP contribution in [0.4, 0.5) is 18.3 Å². The number of likely N-dealkylation sites (N-methyl/N-ethyl adjacent to an activating group) is 1. The first-order valence-corrected chi connectivity index (χ1v) is 15.9. The largest absolute Gasteiger partial charge is 0.573 e. The number of alkyl halides is 3. The van der Waals surface area contributed by atoms with E-state index >= 15 is 0 Å². The van der Waals surface area contributed by atoms with E-state index in [0.717, 1.165) is 18.5 Å². The number of aryl methyl sites for hydroxylation is 2. The maximum absolute atomic E-state index is 13.1. The van der Waals surface area contributed by atoms with Crippen LogP contribution in [0.1, 0.15) is 46.5 Å². The maximum atomic E-state index is 13.1. The van der Waals surface area contributed by atoms with Crippen molar-refractivity contribution in [2.45, 2.75) is 51.0 Å². The molecule has 0 spiro atoms. The van der Waals surface area contributed by atoms with E-state index < -0.39 is 24.3 Å². The number of aromatic nitrogens is 4. The van der Waals surface area contributed by atoms with Crippen molar-refractivity contribution in [3.63, 3.8) is 0 Å². The summed E-state index contributed by atoms with van der Waals surface area (Å²) >= 11 is 7.31. The monoisotopic (exact) mass is 704 g/mol. The Balaban J connectivity index is 1.22. The number of benzene rings is 2. The van der Waals surface area contributed by atoms with E-state index in [4.69, 9.17) is 16.3 Å². The fourth-order valence-corrected chi connectivity index (χ4v) is 5.47. The highest BCUT2D eigenvalue weighted by atomic mass is 35.5. The summed E-state index contributed by atoms with van der Waals surface area (Å²) in [6.45, 7) is -0.00603. The zero-order valence-electron chi connectivity index (χ0n) is 26.0. The minimum Gasteiger partial charge on any atom is -0.446 e. The highest BCUT2D eigenvalue weighted by Crippen LogP contribution is 2.26. The normalized spacial score (nSPS) is 12.1. The molecule has 2 aromatic carbocycles. The number of carbonyl (C=O) groups excluding carboxylic acids is 3. The van der Waals surface area contributed by atoms with Crippen molar-refractivity contribution in [3.05, 3.63) is 93.2 Å². The number of unbranched alkanes of at least 4 members (excludes halogenated alkanes) is 1. The number of hydrogen-bond donors (Lipinski definition) is 1. The number of nitrogens with one attached hydrogen (secondary N) is 1. The lowest BCUT2D eigenvalue weighted by Crippen LogP contribution is -2.30. The Morgan fingerprint density at radius 3 is 2.35 bits per heavy atom. The molecule has 4 aromatic rings. The summed E-state index contributed by atoms with van der Waals surface area (Å²) in [6, 6.07) is 15.3. The van der Waals surface area contributed by atoms with Crippen molar-refractivity contribution in [3.8, 4) is 5.75 Å². The van der Waals surface area contributed by atoms with E-state index in [2.05, 4.69) is 30.4 Å². The molecule has 0 aliphatic carbocycles. The first-order valence-electron chi connectivity index (χ1n) is 14.7. The third-order valence-electron chi connectivity index (χ3n) is 6.54. The molecule has 4 rings (SSSR count). The third kappa shape index (κ3) is 12.3. The zero-order valence-corrected chi connectivity index (χ0v) is 27.6. The van der Waals surface area contributed by atoms with Crippen LogP contribution in [-0.4, -0.2) is 70.0 Å². The lowest BCUT2D eigenvalue weighted by Gasteiger charge is -2.18. The topological polar surface area (TPSA) is 136 Å². The summed E-state index contributed by atoms with van der Waals surface area (Å²) in [6.07, 6.45) is -3.34. The van der Waals surface area contributed by atoms with Gasteiger partial charge in [0.25, 0.3) is 5.91 Å². The predicted molar refractivity (Wildman–Crippen MR) is 172 cm³/mol. The molecule has 0 saturated carbocycles. The van der Waals surface area contributed by atoms with E-state index in [9.17, 15) is 27.6 Å². The second-order valence-electron chi connectivity index (χ2n) is 11.0. The molecule has 11 nitrogen and oxygen atoms in total. The van der Waals surface area contributed by atoms with Gasteiger partial charge in [-0.2, -0.15) is 10.2 Å². The van der Waals surface area contributed by atoms with Crippen molar-refractivity contribution >= 4 is 45.7 Å². The van der Waals surface area contributed by atoms with Crippen molar-refractivity contribution in [1.29, 1.82) is 0 Å². The van der Waals surface area contributed by atoms with Gasteiger partial charge in [-0.15, -0.1) is 23.4 Å². The number of rotatable bonds is 16. The first kappa shape index (κ1) is 36.4. The average Bonchev–Trinajstić information content (AvgIpc) is 3.44. The highest BCUT2D eigenvalue weighted by Gasteiger charge is 2.31.